The molecule has 0 radical (unpaired) electrons. The molecular weight excluding hydrogens is 281 g/mol. The highest BCUT2D eigenvalue weighted by Crippen LogP contribution is 2.25. The Hall–Kier alpha value is -2.49. The molecule has 1 aliphatic rings. The molecule has 1 saturated heterocycles. The van der Waals surface area contributed by atoms with Crippen LogP contribution in [-0.2, 0) is 22.6 Å². The summed E-state index contributed by atoms with van der Waals surface area (Å²) in [5, 5.41) is 0. The van der Waals surface area contributed by atoms with Gasteiger partial charge in [-0.1, -0.05) is 42.5 Å². The predicted octanol–water partition coefficient (Wildman–Crippen LogP) is 2.94. The van der Waals surface area contributed by atoms with Gasteiger partial charge in [0.25, 0.3) is 0 Å². The molecule has 2 amide bonds. The van der Waals surface area contributed by atoms with Gasteiger partial charge < -0.3 is 0 Å². The molecule has 22 heavy (non-hydrogen) atoms. The van der Waals surface area contributed by atoms with E-state index < -0.39 is 0 Å². The number of carbonyl (C=O) groups is 2. The van der Waals surface area contributed by atoms with Crippen LogP contribution in [-0.4, -0.2) is 16.7 Å². The summed E-state index contributed by atoms with van der Waals surface area (Å²) in [5.41, 5.74) is 1.81. The molecule has 4 heteroatoms. The molecule has 0 saturated carbocycles. The highest BCUT2D eigenvalue weighted by atomic mass is 19.1. The quantitative estimate of drug-likeness (QED) is 0.814. The Morgan fingerprint density at radius 1 is 0.955 bits per heavy atom. The summed E-state index contributed by atoms with van der Waals surface area (Å²) in [6.07, 6.45) is 0.694. The lowest BCUT2D eigenvalue weighted by atomic mass is 9.98. The predicted molar refractivity (Wildman–Crippen MR) is 80.2 cm³/mol. The van der Waals surface area contributed by atoms with Crippen LogP contribution < -0.4 is 0 Å². The Labute approximate surface area is 128 Å². The highest BCUT2D eigenvalue weighted by Gasteiger charge is 2.38. The Bertz CT molecular complexity index is 682. The minimum atomic E-state index is -0.346. The molecule has 2 aromatic rings. The first-order chi connectivity index (χ1) is 10.6. The van der Waals surface area contributed by atoms with Gasteiger partial charge in [-0.05, 0) is 29.7 Å². The van der Waals surface area contributed by atoms with Gasteiger partial charge in [0, 0.05) is 6.42 Å². The molecule has 2 aromatic carbocycles. The maximum atomic E-state index is 12.9. The summed E-state index contributed by atoms with van der Waals surface area (Å²) < 4.78 is 12.9. The van der Waals surface area contributed by atoms with E-state index in [1.807, 2.05) is 30.3 Å². The van der Waals surface area contributed by atoms with Crippen molar-refractivity contribution in [2.24, 2.45) is 5.92 Å². The van der Waals surface area contributed by atoms with Crippen molar-refractivity contribution in [1.29, 1.82) is 0 Å². The zero-order valence-electron chi connectivity index (χ0n) is 12.0. The SMILES string of the molecule is O=C1C[C@H](Cc2ccc(F)cc2)C(=O)N1Cc1ccccc1. The molecule has 0 N–H and O–H groups in total. The second kappa shape index (κ2) is 6.10. The average Bonchev–Trinajstić information content (AvgIpc) is 2.78. The van der Waals surface area contributed by atoms with Crippen molar-refractivity contribution in [1.82, 2.24) is 4.90 Å². The van der Waals surface area contributed by atoms with E-state index in [0.717, 1.165) is 11.1 Å². The molecular formula is C18H16FNO2. The third-order valence-corrected chi connectivity index (χ3v) is 3.92. The third-order valence-electron chi connectivity index (χ3n) is 3.92. The number of likely N-dealkylation sites (tertiary alicyclic amines) is 1. The number of amides is 2. The summed E-state index contributed by atoms with van der Waals surface area (Å²) >= 11 is 0. The molecule has 1 heterocycles. The molecule has 3 rings (SSSR count). The van der Waals surface area contributed by atoms with Crippen LogP contribution >= 0.6 is 0 Å². The molecule has 1 fully saturated rings. The van der Waals surface area contributed by atoms with Crippen LogP contribution in [0.2, 0.25) is 0 Å². The zero-order valence-corrected chi connectivity index (χ0v) is 12.0. The lowest BCUT2D eigenvalue weighted by molar-refractivity contribution is -0.140. The summed E-state index contributed by atoms with van der Waals surface area (Å²) in [4.78, 5) is 25.8. The fourth-order valence-corrected chi connectivity index (χ4v) is 2.75. The lowest BCUT2D eigenvalue weighted by Gasteiger charge is -2.15. The summed E-state index contributed by atoms with van der Waals surface area (Å²) in [5.74, 6) is -0.927. The number of hydrogen-bond donors (Lipinski definition) is 0. The largest absolute Gasteiger partial charge is 0.278 e. The first-order valence-electron chi connectivity index (χ1n) is 7.26. The van der Waals surface area contributed by atoms with Crippen molar-refractivity contribution in [2.45, 2.75) is 19.4 Å². The lowest BCUT2D eigenvalue weighted by Crippen LogP contribution is -2.30. The molecule has 0 bridgehead atoms. The van der Waals surface area contributed by atoms with Crippen LogP contribution in [0.3, 0.4) is 0 Å². The van der Waals surface area contributed by atoms with E-state index in [4.69, 9.17) is 0 Å². The van der Waals surface area contributed by atoms with E-state index in [1.54, 1.807) is 12.1 Å². The van der Waals surface area contributed by atoms with Crippen LogP contribution in [0.1, 0.15) is 17.5 Å². The highest BCUT2D eigenvalue weighted by molar-refractivity contribution is 6.03. The first kappa shape index (κ1) is 14.4. The molecule has 0 aromatic heterocycles. The van der Waals surface area contributed by atoms with Gasteiger partial charge in [-0.3, -0.25) is 14.5 Å². The van der Waals surface area contributed by atoms with Gasteiger partial charge in [-0.25, -0.2) is 4.39 Å². The minimum Gasteiger partial charge on any atom is -0.278 e. The van der Waals surface area contributed by atoms with E-state index >= 15 is 0 Å². The number of halogens is 1. The van der Waals surface area contributed by atoms with Crippen molar-refractivity contribution in [3.05, 3.63) is 71.5 Å². The number of rotatable bonds is 4. The molecule has 0 aliphatic carbocycles. The zero-order chi connectivity index (χ0) is 15.5. The Morgan fingerprint density at radius 3 is 2.32 bits per heavy atom. The second-order valence-electron chi connectivity index (χ2n) is 5.54. The second-order valence-corrected chi connectivity index (χ2v) is 5.54. The van der Waals surface area contributed by atoms with E-state index in [0.29, 0.717) is 13.0 Å². The topological polar surface area (TPSA) is 37.4 Å². The molecule has 3 nitrogen and oxygen atoms in total. The fraction of sp³-hybridized carbons (Fsp3) is 0.222. The Kier molecular flexibility index (Phi) is 4.00. The Morgan fingerprint density at radius 2 is 1.64 bits per heavy atom. The van der Waals surface area contributed by atoms with Gasteiger partial charge in [0.1, 0.15) is 5.82 Å². The van der Waals surface area contributed by atoms with E-state index in [2.05, 4.69) is 0 Å². The first-order valence-corrected chi connectivity index (χ1v) is 7.26. The van der Waals surface area contributed by atoms with Gasteiger partial charge in [-0.2, -0.15) is 0 Å². The van der Waals surface area contributed by atoms with Crippen LogP contribution in [0, 0.1) is 11.7 Å². The van der Waals surface area contributed by atoms with Gasteiger partial charge in [0.15, 0.2) is 0 Å². The maximum Gasteiger partial charge on any atom is 0.233 e. The van der Waals surface area contributed by atoms with E-state index in [1.165, 1.54) is 17.0 Å². The van der Waals surface area contributed by atoms with Crippen LogP contribution in [0.5, 0.6) is 0 Å². The van der Waals surface area contributed by atoms with Gasteiger partial charge in [0.2, 0.25) is 11.8 Å². The standard InChI is InChI=1S/C18H16FNO2/c19-16-8-6-13(7-9-16)10-15-11-17(21)20(18(15)22)12-14-4-2-1-3-5-14/h1-9,15H,10-12H2/t15-/m0/s1. The van der Waals surface area contributed by atoms with Gasteiger partial charge in [-0.15, -0.1) is 0 Å². The molecule has 0 spiro atoms. The fourth-order valence-electron chi connectivity index (χ4n) is 2.75. The third kappa shape index (κ3) is 3.06. The normalized spacial score (nSPS) is 18.0. The van der Waals surface area contributed by atoms with Crippen molar-refractivity contribution >= 4 is 11.8 Å². The summed E-state index contributed by atoms with van der Waals surface area (Å²) in [6.45, 7) is 0.318. The summed E-state index contributed by atoms with van der Waals surface area (Å²) in [7, 11) is 0. The van der Waals surface area contributed by atoms with Crippen LogP contribution in [0.15, 0.2) is 54.6 Å². The minimum absolute atomic E-state index is 0.138. The smallest absolute Gasteiger partial charge is 0.233 e. The van der Waals surface area contributed by atoms with Crippen molar-refractivity contribution in [3.8, 4) is 0 Å². The number of imide groups is 1. The molecule has 112 valence electrons. The molecule has 1 atom stereocenters. The van der Waals surface area contributed by atoms with Gasteiger partial charge >= 0.3 is 0 Å². The monoisotopic (exact) mass is 297 g/mol. The number of nitrogens with zero attached hydrogens (tertiary/aromatic N) is 1. The maximum absolute atomic E-state index is 12.9. The number of carbonyl (C=O) groups excluding carboxylic acids is 2. The average molecular weight is 297 g/mol. The van der Waals surface area contributed by atoms with Crippen molar-refractivity contribution < 1.29 is 14.0 Å². The molecule has 1 aliphatic heterocycles. The summed E-state index contributed by atoms with van der Waals surface area (Å²) in [6, 6.07) is 15.5. The molecule has 0 unspecified atom stereocenters. The van der Waals surface area contributed by atoms with Crippen molar-refractivity contribution in [3.63, 3.8) is 0 Å². The van der Waals surface area contributed by atoms with E-state index in [9.17, 15) is 14.0 Å². The Balaban J connectivity index is 1.70. The van der Waals surface area contributed by atoms with Crippen LogP contribution in [0.25, 0.3) is 0 Å². The van der Waals surface area contributed by atoms with E-state index in [-0.39, 0.29) is 30.0 Å². The number of benzene rings is 2. The van der Waals surface area contributed by atoms with Crippen LogP contribution in [0.4, 0.5) is 4.39 Å². The van der Waals surface area contributed by atoms with Crippen molar-refractivity contribution in [2.75, 3.05) is 0 Å². The van der Waals surface area contributed by atoms with Gasteiger partial charge in [0.05, 0.1) is 12.5 Å². The number of hydrogen-bond acceptors (Lipinski definition) is 2.